The van der Waals surface area contributed by atoms with Crippen molar-refractivity contribution in [3.05, 3.63) is 47.2 Å². The fourth-order valence-corrected chi connectivity index (χ4v) is 3.22. The zero-order valence-electron chi connectivity index (χ0n) is 12.8. The standard InChI is InChI=1S/C15H14ClFN2O4S/c1-9(20)18-14-6-3-10(23-2)7-15(14)19-24(21,22)11-4-5-13(17)12(16)8-11/h3-8,19H,1-2H3,(H,18,20). The molecule has 2 rings (SSSR count). The van der Waals surface area contributed by atoms with Gasteiger partial charge in [-0.15, -0.1) is 0 Å². The number of hydrogen-bond donors (Lipinski definition) is 2. The van der Waals surface area contributed by atoms with Gasteiger partial charge >= 0.3 is 0 Å². The highest BCUT2D eigenvalue weighted by molar-refractivity contribution is 7.92. The molecule has 0 heterocycles. The van der Waals surface area contributed by atoms with Gasteiger partial charge in [-0.05, 0) is 30.3 Å². The zero-order chi connectivity index (χ0) is 17.9. The lowest BCUT2D eigenvalue weighted by Crippen LogP contribution is -2.16. The number of nitrogens with one attached hydrogen (secondary N) is 2. The van der Waals surface area contributed by atoms with Crippen molar-refractivity contribution in [1.82, 2.24) is 0 Å². The van der Waals surface area contributed by atoms with Crippen LogP contribution in [-0.2, 0) is 14.8 Å². The quantitative estimate of drug-likeness (QED) is 0.843. The van der Waals surface area contributed by atoms with Gasteiger partial charge in [0, 0.05) is 13.0 Å². The van der Waals surface area contributed by atoms with Crippen LogP contribution in [0.4, 0.5) is 15.8 Å². The van der Waals surface area contributed by atoms with Gasteiger partial charge in [0.2, 0.25) is 5.91 Å². The number of anilines is 2. The van der Waals surface area contributed by atoms with Gasteiger partial charge in [-0.3, -0.25) is 9.52 Å². The summed E-state index contributed by atoms with van der Waals surface area (Å²) in [5.41, 5.74) is 0.352. The van der Waals surface area contributed by atoms with Gasteiger partial charge in [-0.1, -0.05) is 11.6 Å². The molecule has 0 aliphatic rings. The van der Waals surface area contributed by atoms with Gasteiger partial charge in [-0.25, -0.2) is 12.8 Å². The number of carbonyl (C=O) groups is 1. The van der Waals surface area contributed by atoms with E-state index in [0.29, 0.717) is 5.75 Å². The molecule has 9 heteroatoms. The summed E-state index contributed by atoms with van der Waals surface area (Å²) in [7, 11) is -2.62. The third-order valence-electron chi connectivity index (χ3n) is 2.98. The smallest absolute Gasteiger partial charge is 0.262 e. The maximum Gasteiger partial charge on any atom is 0.262 e. The van der Waals surface area contributed by atoms with Gasteiger partial charge in [-0.2, -0.15) is 0 Å². The molecule has 24 heavy (non-hydrogen) atoms. The predicted octanol–water partition coefficient (Wildman–Crippen LogP) is 3.25. The van der Waals surface area contributed by atoms with Gasteiger partial charge < -0.3 is 10.1 Å². The van der Waals surface area contributed by atoms with Crippen LogP contribution < -0.4 is 14.8 Å². The van der Waals surface area contributed by atoms with E-state index in [2.05, 4.69) is 10.0 Å². The summed E-state index contributed by atoms with van der Waals surface area (Å²) in [6.45, 7) is 1.29. The number of amides is 1. The first-order valence-corrected chi connectivity index (χ1v) is 8.52. The van der Waals surface area contributed by atoms with Crippen molar-refractivity contribution in [2.24, 2.45) is 0 Å². The molecule has 0 aliphatic carbocycles. The van der Waals surface area contributed by atoms with Crippen molar-refractivity contribution >= 4 is 38.9 Å². The van der Waals surface area contributed by atoms with Crippen molar-refractivity contribution in [3.8, 4) is 5.75 Å². The normalized spacial score (nSPS) is 11.0. The molecule has 0 saturated carbocycles. The number of sulfonamides is 1. The number of carbonyl (C=O) groups excluding carboxylic acids is 1. The van der Waals surface area contributed by atoms with Crippen LogP contribution in [0.25, 0.3) is 0 Å². The van der Waals surface area contributed by atoms with Crippen molar-refractivity contribution in [3.63, 3.8) is 0 Å². The molecule has 0 radical (unpaired) electrons. The molecule has 0 aromatic heterocycles. The van der Waals surface area contributed by atoms with Gasteiger partial charge in [0.25, 0.3) is 10.0 Å². The maximum atomic E-state index is 13.2. The maximum absolute atomic E-state index is 13.2. The molecular formula is C15H14ClFN2O4S. The lowest BCUT2D eigenvalue weighted by Gasteiger charge is -2.14. The molecule has 0 spiro atoms. The van der Waals surface area contributed by atoms with E-state index in [9.17, 15) is 17.6 Å². The molecule has 1 amide bonds. The molecule has 2 aromatic rings. The lowest BCUT2D eigenvalue weighted by molar-refractivity contribution is -0.114. The highest BCUT2D eigenvalue weighted by Gasteiger charge is 2.18. The third kappa shape index (κ3) is 4.15. The molecule has 2 N–H and O–H groups in total. The number of halogens is 2. The average Bonchev–Trinajstić information content (AvgIpc) is 2.50. The van der Waals surface area contributed by atoms with Crippen molar-refractivity contribution in [2.75, 3.05) is 17.1 Å². The van der Waals surface area contributed by atoms with E-state index < -0.39 is 15.8 Å². The first-order chi connectivity index (χ1) is 11.2. The number of ether oxygens (including phenoxy) is 1. The monoisotopic (exact) mass is 372 g/mol. The number of methoxy groups -OCH3 is 1. The Balaban J connectivity index is 2.43. The van der Waals surface area contributed by atoms with E-state index in [1.807, 2.05) is 0 Å². The number of rotatable bonds is 5. The molecule has 0 unspecified atom stereocenters. The molecule has 0 saturated heterocycles. The molecule has 0 fully saturated rings. The second-order valence-electron chi connectivity index (χ2n) is 4.77. The SMILES string of the molecule is COc1ccc(NC(C)=O)c(NS(=O)(=O)c2ccc(F)c(Cl)c2)c1. The van der Waals surface area contributed by atoms with E-state index in [-0.39, 0.29) is 27.2 Å². The molecular weight excluding hydrogens is 359 g/mol. The Morgan fingerprint density at radius 2 is 1.88 bits per heavy atom. The van der Waals surface area contributed by atoms with Crippen LogP contribution in [0.1, 0.15) is 6.92 Å². The van der Waals surface area contributed by atoms with E-state index in [4.69, 9.17) is 16.3 Å². The van der Waals surface area contributed by atoms with Crippen LogP contribution in [0.5, 0.6) is 5.75 Å². The Bertz CT molecular complexity index is 887. The minimum absolute atomic E-state index is 0.102. The van der Waals surface area contributed by atoms with E-state index >= 15 is 0 Å². The van der Waals surface area contributed by atoms with Crippen LogP contribution in [0.3, 0.4) is 0 Å². The van der Waals surface area contributed by atoms with E-state index in [1.54, 1.807) is 6.07 Å². The highest BCUT2D eigenvalue weighted by atomic mass is 35.5. The second kappa shape index (κ2) is 7.06. The zero-order valence-corrected chi connectivity index (χ0v) is 14.3. The predicted molar refractivity (Wildman–Crippen MR) is 89.5 cm³/mol. The summed E-state index contributed by atoms with van der Waals surface area (Å²) in [4.78, 5) is 11.0. The first-order valence-electron chi connectivity index (χ1n) is 6.66. The Morgan fingerprint density at radius 1 is 1.17 bits per heavy atom. The van der Waals surface area contributed by atoms with Crippen molar-refractivity contribution < 1.29 is 22.3 Å². The highest BCUT2D eigenvalue weighted by Crippen LogP contribution is 2.30. The number of benzene rings is 2. The average molecular weight is 373 g/mol. The molecule has 2 aromatic carbocycles. The Labute approximate surface area is 143 Å². The van der Waals surface area contributed by atoms with Crippen LogP contribution in [0.2, 0.25) is 5.02 Å². The second-order valence-corrected chi connectivity index (χ2v) is 6.86. The summed E-state index contributed by atoms with van der Waals surface area (Å²) in [5, 5.41) is 2.20. The molecule has 6 nitrogen and oxygen atoms in total. The molecule has 0 atom stereocenters. The van der Waals surface area contributed by atoms with Crippen molar-refractivity contribution in [1.29, 1.82) is 0 Å². The van der Waals surface area contributed by atoms with E-state index in [1.165, 1.54) is 26.2 Å². The Kier molecular flexibility index (Phi) is 5.30. The van der Waals surface area contributed by atoms with Crippen LogP contribution in [0, 0.1) is 5.82 Å². The summed E-state index contributed by atoms with van der Waals surface area (Å²) in [6, 6.07) is 7.51. The minimum atomic E-state index is -4.04. The van der Waals surface area contributed by atoms with Gasteiger partial charge in [0.15, 0.2) is 0 Å². The lowest BCUT2D eigenvalue weighted by atomic mass is 10.2. The van der Waals surface area contributed by atoms with Crippen LogP contribution in [0.15, 0.2) is 41.3 Å². The van der Waals surface area contributed by atoms with Crippen LogP contribution >= 0.6 is 11.6 Å². The fraction of sp³-hybridized carbons (Fsp3) is 0.133. The summed E-state index contributed by atoms with van der Waals surface area (Å²) < 4.78 is 45.5. The van der Waals surface area contributed by atoms with Crippen LogP contribution in [-0.4, -0.2) is 21.4 Å². The Morgan fingerprint density at radius 3 is 2.46 bits per heavy atom. The number of hydrogen-bond acceptors (Lipinski definition) is 4. The van der Waals surface area contributed by atoms with Gasteiger partial charge in [0.1, 0.15) is 11.6 Å². The molecule has 128 valence electrons. The molecule has 0 bridgehead atoms. The van der Waals surface area contributed by atoms with Crippen molar-refractivity contribution in [2.45, 2.75) is 11.8 Å². The third-order valence-corrected chi connectivity index (χ3v) is 4.64. The fourth-order valence-electron chi connectivity index (χ4n) is 1.88. The van der Waals surface area contributed by atoms with E-state index in [0.717, 1.165) is 18.2 Å². The topological polar surface area (TPSA) is 84.5 Å². The minimum Gasteiger partial charge on any atom is -0.497 e. The summed E-state index contributed by atoms with van der Waals surface area (Å²) in [6.07, 6.45) is 0. The summed E-state index contributed by atoms with van der Waals surface area (Å²) >= 11 is 5.63. The Hall–Kier alpha value is -2.32. The molecule has 0 aliphatic heterocycles. The van der Waals surface area contributed by atoms with Gasteiger partial charge in [0.05, 0.1) is 28.4 Å². The largest absolute Gasteiger partial charge is 0.497 e. The summed E-state index contributed by atoms with van der Waals surface area (Å²) in [5.74, 6) is -0.708. The first kappa shape index (κ1) is 18.0.